The van der Waals surface area contributed by atoms with E-state index in [1.165, 1.54) is 0 Å². The van der Waals surface area contributed by atoms with Gasteiger partial charge in [-0.25, -0.2) is 9.97 Å². The van der Waals surface area contributed by atoms with Crippen molar-refractivity contribution in [2.45, 2.75) is 0 Å². The molecule has 0 saturated heterocycles. The van der Waals surface area contributed by atoms with Gasteiger partial charge in [0.1, 0.15) is 0 Å². The number of rotatable bonds is 2. The van der Waals surface area contributed by atoms with Crippen LogP contribution in [0.3, 0.4) is 0 Å². The number of methoxy groups -OCH3 is 1. The summed E-state index contributed by atoms with van der Waals surface area (Å²) >= 11 is 0. The maximum Gasteiger partial charge on any atom is 0.232 e. The summed E-state index contributed by atoms with van der Waals surface area (Å²) in [6.45, 7) is 0. The molecule has 1 heterocycles. The Morgan fingerprint density at radius 3 is 2.36 bits per heavy atom. The van der Waals surface area contributed by atoms with Crippen molar-refractivity contribution in [3.05, 3.63) is 42.7 Å². The summed E-state index contributed by atoms with van der Waals surface area (Å²) in [7, 11) is 1.58. The van der Waals surface area contributed by atoms with Gasteiger partial charge in [0.2, 0.25) is 5.88 Å². The molecule has 3 heteroatoms. The summed E-state index contributed by atoms with van der Waals surface area (Å²) in [6.07, 6.45) is 3.32. The van der Waals surface area contributed by atoms with Crippen molar-refractivity contribution < 1.29 is 4.74 Å². The Morgan fingerprint density at radius 1 is 1.00 bits per heavy atom. The third-order valence-electron chi connectivity index (χ3n) is 1.91. The largest absolute Gasteiger partial charge is 0.480 e. The Kier molecular flexibility index (Phi) is 2.40. The Labute approximate surface area is 82.4 Å². The van der Waals surface area contributed by atoms with Crippen LogP contribution in [0.2, 0.25) is 0 Å². The zero-order chi connectivity index (χ0) is 9.80. The number of nitrogens with zero attached hydrogens (tertiary/aromatic N) is 2. The van der Waals surface area contributed by atoms with E-state index in [2.05, 4.69) is 9.97 Å². The van der Waals surface area contributed by atoms with E-state index in [4.69, 9.17) is 4.74 Å². The van der Waals surface area contributed by atoms with Gasteiger partial charge in [-0.2, -0.15) is 0 Å². The van der Waals surface area contributed by atoms with Gasteiger partial charge in [0.15, 0.2) is 0 Å². The third-order valence-corrected chi connectivity index (χ3v) is 1.91. The number of hydrogen-bond acceptors (Lipinski definition) is 3. The van der Waals surface area contributed by atoms with Crippen LogP contribution in [0, 0.1) is 0 Å². The first-order chi connectivity index (χ1) is 6.90. The summed E-state index contributed by atoms with van der Waals surface area (Å²) in [4.78, 5) is 8.32. The SMILES string of the molecule is COc1cnc(-c2ccccc2)cn1. The molecule has 0 N–H and O–H groups in total. The Bertz CT molecular complexity index is 397. The standard InChI is InChI=1S/C11H10N2O/c1-14-11-8-12-10(7-13-11)9-5-3-2-4-6-9/h2-8H,1H3. The summed E-state index contributed by atoms with van der Waals surface area (Å²) in [5.41, 5.74) is 1.91. The molecule has 3 nitrogen and oxygen atoms in total. The summed E-state index contributed by atoms with van der Waals surface area (Å²) in [6, 6.07) is 9.91. The van der Waals surface area contributed by atoms with E-state index in [1.807, 2.05) is 30.3 Å². The lowest BCUT2D eigenvalue weighted by Crippen LogP contribution is -1.90. The third kappa shape index (κ3) is 1.71. The summed E-state index contributed by atoms with van der Waals surface area (Å²) in [5, 5.41) is 0. The zero-order valence-corrected chi connectivity index (χ0v) is 7.84. The van der Waals surface area contributed by atoms with Crippen LogP contribution in [0.1, 0.15) is 0 Å². The second-order valence-electron chi connectivity index (χ2n) is 2.81. The zero-order valence-electron chi connectivity index (χ0n) is 7.84. The van der Waals surface area contributed by atoms with Crippen molar-refractivity contribution >= 4 is 0 Å². The normalized spacial score (nSPS) is 9.79. The van der Waals surface area contributed by atoms with E-state index < -0.39 is 0 Å². The topological polar surface area (TPSA) is 35.0 Å². The molecule has 0 bridgehead atoms. The average molecular weight is 186 g/mol. The van der Waals surface area contributed by atoms with Crippen LogP contribution < -0.4 is 4.74 Å². The minimum absolute atomic E-state index is 0.532. The fraction of sp³-hybridized carbons (Fsp3) is 0.0909. The van der Waals surface area contributed by atoms with E-state index in [9.17, 15) is 0 Å². The molecule has 0 radical (unpaired) electrons. The summed E-state index contributed by atoms with van der Waals surface area (Å²) in [5.74, 6) is 0.532. The lowest BCUT2D eigenvalue weighted by molar-refractivity contribution is 0.396. The highest BCUT2D eigenvalue weighted by Crippen LogP contribution is 2.15. The van der Waals surface area contributed by atoms with Gasteiger partial charge in [-0.15, -0.1) is 0 Å². The maximum atomic E-state index is 4.93. The molecule has 2 aromatic rings. The van der Waals surface area contributed by atoms with Crippen molar-refractivity contribution in [3.63, 3.8) is 0 Å². The van der Waals surface area contributed by atoms with Gasteiger partial charge in [-0.05, 0) is 0 Å². The van der Waals surface area contributed by atoms with E-state index in [1.54, 1.807) is 19.5 Å². The first kappa shape index (κ1) is 8.69. The van der Waals surface area contributed by atoms with Crippen LogP contribution in [0.5, 0.6) is 5.88 Å². The quantitative estimate of drug-likeness (QED) is 0.720. The van der Waals surface area contributed by atoms with Gasteiger partial charge in [-0.3, -0.25) is 0 Å². The number of aromatic nitrogens is 2. The number of ether oxygens (including phenoxy) is 1. The second kappa shape index (κ2) is 3.87. The van der Waals surface area contributed by atoms with E-state index >= 15 is 0 Å². The fourth-order valence-corrected chi connectivity index (χ4v) is 1.18. The van der Waals surface area contributed by atoms with Gasteiger partial charge in [0, 0.05) is 5.56 Å². The van der Waals surface area contributed by atoms with Crippen LogP contribution in [0.25, 0.3) is 11.3 Å². The smallest absolute Gasteiger partial charge is 0.232 e. The van der Waals surface area contributed by atoms with Crippen LogP contribution >= 0.6 is 0 Å². The molecule has 0 aliphatic carbocycles. The molecular formula is C11H10N2O. The predicted octanol–water partition coefficient (Wildman–Crippen LogP) is 2.15. The minimum Gasteiger partial charge on any atom is -0.480 e. The molecule has 0 spiro atoms. The lowest BCUT2D eigenvalue weighted by Gasteiger charge is -2.00. The number of hydrogen-bond donors (Lipinski definition) is 0. The molecule has 2 rings (SSSR count). The first-order valence-corrected chi connectivity index (χ1v) is 4.31. The van der Waals surface area contributed by atoms with Crippen molar-refractivity contribution in [1.29, 1.82) is 0 Å². The van der Waals surface area contributed by atoms with Crippen LogP contribution in [0.4, 0.5) is 0 Å². The van der Waals surface area contributed by atoms with Crippen molar-refractivity contribution in [2.75, 3.05) is 7.11 Å². The maximum absolute atomic E-state index is 4.93. The monoisotopic (exact) mass is 186 g/mol. The molecule has 0 aliphatic rings. The highest BCUT2D eigenvalue weighted by molar-refractivity contribution is 5.57. The summed E-state index contributed by atoms with van der Waals surface area (Å²) < 4.78 is 4.93. The Balaban J connectivity index is 2.34. The minimum atomic E-state index is 0.532. The van der Waals surface area contributed by atoms with E-state index in [0.717, 1.165) is 11.3 Å². The molecule has 0 atom stereocenters. The molecule has 1 aromatic heterocycles. The van der Waals surface area contributed by atoms with Crippen molar-refractivity contribution in [3.8, 4) is 17.1 Å². The van der Waals surface area contributed by atoms with Gasteiger partial charge in [-0.1, -0.05) is 30.3 Å². The molecular weight excluding hydrogens is 176 g/mol. The van der Waals surface area contributed by atoms with Crippen LogP contribution in [0.15, 0.2) is 42.7 Å². The van der Waals surface area contributed by atoms with Gasteiger partial charge >= 0.3 is 0 Å². The second-order valence-corrected chi connectivity index (χ2v) is 2.81. The molecule has 0 unspecified atom stereocenters. The molecule has 1 aromatic carbocycles. The van der Waals surface area contributed by atoms with Crippen LogP contribution in [-0.2, 0) is 0 Å². The van der Waals surface area contributed by atoms with E-state index in [0.29, 0.717) is 5.88 Å². The van der Waals surface area contributed by atoms with Crippen LogP contribution in [-0.4, -0.2) is 17.1 Å². The Hall–Kier alpha value is -1.90. The fourth-order valence-electron chi connectivity index (χ4n) is 1.18. The van der Waals surface area contributed by atoms with Crippen molar-refractivity contribution in [1.82, 2.24) is 9.97 Å². The lowest BCUT2D eigenvalue weighted by atomic mass is 10.2. The molecule has 70 valence electrons. The van der Waals surface area contributed by atoms with Gasteiger partial charge < -0.3 is 4.74 Å². The predicted molar refractivity (Wildman–Crippen MR) is 54.0 cm³/mol. The molecule has 0 fully saturated rings. The molecule has 0 saturated carbocycles. The van der Waals surface area contributed by atoms with Crippen molar-refractivity contribution in [2.24, 2.45) is 0 Å². The molecule has 0 amide bonds. The number of benzene rings is 1. The highest BCUT2D eigenvalue weighted by atomic mass is 16.5. The highest BCUT2D eigenvalue weighted by Gasteiger charge is 1.98. The van der Waals surface area contributed by atoms with Gasteiger partial charge in [0.05, 0.1) is 25.2 Å². The Morgan fingerprint density at radius 2 is 1.79 bits per heavy atom. The molecule has 0 aliphatic heterocycles. The molecule has 14 heavy (non-hydrogen) atoms. The van der Waals surface area contributed by atoms with Gasteiger partial charge in [0.25, 0.3) is 0 Å². The van der Waals surface area contributed by atoms with E-state index in [-0.39, 0.29) is 0 Å². The first-order valence-electron chi connectivity index (χ1n) is 4.31. The average Bonchev–Trinajstić information content (AvgIpc) is 2.30.